The van der Waals surface area contributed by atoms with Crippen LogP contribution < -0.4 is 4.74 Å². The zero-order valence-electron chi connectivity index (χ0n) is 12.6. The highest BCUT2D eigenvalue weighted by Crippen LogP contribution is 2.31. The molecule has 0 bridgehead atoms. The largest absolute Gasteiger partial charge is 0.496 e. The van der Waals surface area contributed by atoms with Crippen molar-refractivity contribution in [2.24, 2.45) is 0 Å². The lowest BCUT2D eigenvalue weighted by atomic mass is 10.1. The predicted molar refractivity (Wildman–Crippen MR) is 78.9 cm³/mol. The monoisotopic (exact) mass is 279 g/mol. The van der Waals surface area contributed by atoms with Crippen LogP contribution in [0, 0.1) is 0 Å². The van der Waals surface area contributed by atoms with Crippen LogP contribution in [-0.4, -0.2) is 43.4 Å². The smallest absolute Gasteiger partial charge is 0.123 e. The van der Waals surface area contributed by atoms with E-state index in [1.54, 1.807) is 21.1 Å². The molecule has 0 amide bonds. The molecule has 1 N–H and O–H groups in total. The third-order valence-corrected chi connectivity index (χ3v) is 3.81. The molecule has 1 aliphatic carbocycles. The van der Waals surface area contributed by atoms with Gasteiger partial charge in [0.15, 0.2) is 0 Å². The van der Waals surface area contributed by atoms with Crippen LogP contribution in [0.3, 0.4) is 0 Å². The van der Waals surface area contributed by atoms with Crippen LogP contribution >= 0.6 is 0 Å². The Morgan fingerprint density at radius 3 is 2.65 bits per heavy atom. The maximum absolute atomic E-state index is 9.73. The lowest BCUT2D eigenvalue weighted by Crippen LogP contribution is -2.29. The Kier molecular flexibility index (Phi) is 5.40. The van der Waals surface area contributed by atoms with Gasteiger partial charge < -0.3 is 14.6 Å². The van der Waals surface area contributed by atoms with Gasteiger partial charge in [0.05, 0.1) is 19.8 Å². The fourth-order valence-corrected chi connectivity index (χ4v) is 2.44. The quantitative estimate of drug-likeness (QED) is 0.793. The van der Waals surface area contributed by atoms with Crippen molar-refractivity contribution in [2.45, 2.75) is 38.5 Å². The molecule has 1 aliphatic rings. The van der Waals surface area contributed by atoms with Crippen molar-refractivity contribution in [3.8, 4) is 5.75 Å². The molecule has 4 heteroatoms. The molecule has 0 heterocycles. The van der Waals surface area contributed by atoms with E-state index in [1.165, 1.54) is 12.8 Å². The minimum Gasteiger partial charge on any atom is -0.496 e. The highest BCUT2D eigenvalue weighted by atomic mass is 16.5. The summed E-state index contributed by atoms with van der Waals surface area (Å²) < 4.78 is 10.6. The van der Waals surface area contributed by atoms with Gasteiger partial charge in [0, 0.05) is 31.8 Å². The van der Waals surface area contributed by atoms with Crippen molar-refractivity contribution in [1.29, 1.82) is 0 Å². The zero-order chi connectivity index (χ0) is 14.5. The van der Waals surface area contributed by atoms with Crippen molar-refractivity contribution in [2.75, 3.05) is 27.4 Å². The van der Waals surface area contributed by atoms with Crippen LogP contribution in [0.5, 0.6) is 5.75 Å². The number of nitrogens with zero attached hydrogens (tertiary/aromatic N) is 1. The first kappa shape index (κ1) is 15.3. The van der Waals surface area contributed by atoms with Gasteiger partial charge in [-0.1, -0.05) is 6.07 Å². The van der Waals surface area contributed by atoms with E-state index in [1.807, 2.05) is 18.2 Å². The summed E-state index contributed by atoms with van der Waals surface area (Å²) in [6, 6.07) is 6.58. The molecular formula is C16H25NO3. The highest BCUT2D eigenvalue weighted by Gasteiger charge is 2.29. The highest BCUT2D eigenvalue weighted by molar-refractivity contribution is 5.38. The number of methoxy groups -OCH3 is 2. The van der Waals surface area contributed by atoms with Crippen LogP contribution in [0.4, 0.5) is 0 Å². The fraction of sp³-hybridized carbons (Fsp3) is 0.625. The van der Waals surface area contributed by atoms with E-state index in [0.717, 1.165) is 36.6 Å². The molecule has 20 heavy (non-hydrogen) atoms. The molecule has 1 aromatic rings. The van der Waals surface area contributed by atoms with Gasteiger partial charge in [-0.2, -0.15) is 0 Å². The van der Waals surface area contributed by atoms with Gasteiger partial charge in [0.25, 0.3) is 0 Å². The molecule has 4 nitrogen and oxygen atoms in total. The first-order chi connectivity index (χ1) is 9.65. The van der Waals surface area contributed by atoms with Gasteiger partial charge >= 0.3 is 0 Å². The minimum absolute atomic E-state index is 0.451. The average molecular weight is 279 g/mol. The summed E-state index contributed by atoms with van der Waals surface area (Å²) in [5.74, 6) is 0.887. The summed E-state index contributed by atoms with van der Waals surface area (Å²) in [7, 11) is 3.43. The molecule has 0 saturated heterocycles. The van der Waals surface area contributed by atoms with Crippen molar-refractivity contribution >= 4 is 0 Å². The Balaban J connectivity index is 2.13. The molecule has 0 aliphatic heterocycles. The SMILES string of the molecule is COCCN(Cc1cc(C(C)O)ccc1OC)C1CC1. The Bertz CT molecular complexity index is 430. The number of benzene rings is 1. The molecule has 0 aromatic heterocycles. The topological polar surface area (TPSA) is 41.9 Å². The summed E-state index contributed by atoms with van der Waals surface area (Å²) in [6.45, 7) is 4.31. The molecule has 112 valence electrons. The number of hydrogen-bond donors (Lipinski definition) is 1. The van der Waals surface area contributed by atoms with Gasteiger partial charge in [0.1, 0.15) is 5.75 Å². The Hall–Kier alpha value is -1.10. The maximum atomic E-state index is 9.73. The van der Waals surface area contributed by atoms with Crippen LogP contribution in [0.1, 0.15) is 37.0 Å². The minimum atomic E-state index is -0.451. The van der Waals surface area contributed by atoms with Crippen molar-refractivity contribution in [3.63, 3.8) is 0 Å². The number of rotatable bonds is 8. The summed E-state index contributed by atoms with van der Waals surface area (Å²) in [5, 5.41) is 9.73. The number of hydrogen-bond acceptors (Lipinski definition) is 4. The van der Waals surface area contributed by atoms with Crippen LogP contribution in [0.2, 0.25) is 0 Å². The third-order valence-electron chi connectivity index (χ3n) is 3.81. The predicted octanol–water partition coefficient (Wildman–Crippen LogP) is 2.36. The maximum Gasteiger partial charge on any atom is 0.123 e. The fourth-order valence-electron chi connectivity index (χ4n) is 2.44. The van der Waals surface area contributed by atoms with E-state index >= 15 is 0 Å². The van der Waals surface area contributed by atoms with Gasteiger partial charge in [-0.15, -0.1) is 0 Å². The average Bonchev–Trinajstić information content (AvgIpc) is 3.27. The second kappa shape index (κ2) is 7.07. The summed E-state index contributed by atoms with van der Waals surface area (Å²) in [4.78, 5) is 2.44. The van der Waals surface area contributed by atoms with E-state index in [2.05, 4.69) is 4.90 Å². The zero-order valence-corrected chi connectivity index (χ0v) is 12.6. The van der Waals surface area contributed by atoms with E-state index in [9.17, 15) is 5.11 Å². The number of aliphatic hydroxyl groups excluding tert-OH is 1. The summed E-state index contributed by atoms with van der Waals surface area (Å²) in [5.41, 5.74) is 2.07. The molecule has 1 saturated carbocycles. The first-order valence-corrected chi connectivity index (χ1v) is 7.23. The van der Waals surface area contributed by atoms with Crippen molar-refractivity contribution < 1.29 is 14.6 Å². The molecule has 1 aromatic carbocycles. The van der Waals surface area contributed by atoms with E-state index in [-0.39, 0.29) is 0 Å². The molecule has 2 rings (SSSR count). The van der Waals surface area contributed by atoms with Gasteiger partial charge in [-0.25, -0.2) is 0 Å². The van der Waals surface area contributed by atoms with E-state index in [4.69, 9.17) is 9.47 Å². The second-order valence-corrected chi connectivity index (χ2v) is 5.44. The van der Waals surface area contributed by atoms with Crippen LogP contribution in [0.15, 0.2) is 18.2 Å². The van der Waals surface area contributed by atoms with Gasteiger partial charge in [0.2, 0.25) is 0 Å². The lowest BCUT2D eigenvalue weighted by Gasteiger charge is -2.23. The van der Waals surface area contributed by atoms with E-state index in [0.29, 0.717) is 6.04 Å². The first-order valence-electron chi connectivity index (χ1n) is 7.23. The van der Waals surface area contributed by atoms with Gasteiger partial charge in [-0.05, 0) is 37.5 Å². The normalized spacial score (nSPS) is 16.4. The van der Waals surface area contributed by atoms with Crippen molar-refractivity contribution in [1.82, 2.24) is 4.90 Å². The molecule has 1 fully saturated rings. The standard InChI is InChI=1S/C16H25NO3/c1-12(18)13-4-7-16(20-3)14(10-13)11-17(8-9-19-2)15-5-6-15/h4,7,10,12,15,18H,5-6,8-9,11H2,1-3H3. The summed E-state index contributed by atoms with van der Waals surface area (Å²) >= 11 is 0. The van der Waals surface area contributed by atoms with E-state index < -0.39 is 6.10 Å². The molecule has 1 atom stereocenters. The molecule has 0 spiro atoms. The number of aliphatic hydroxyl groups is 1. The third kappa shape index (κ3) is 3.95. The van der Waals surface area contributed by atoms with Crippen molar-refractivity contribution in [3.05, 3.63) is 29.3 Å². The second-order valence-electron chi connectivity index (χ2n) is 5.44. The Labute approximate surface area is 121 Å². The Morgan fingerprint density at radius 1 is 1.35 bits per heavy atom. The lowest BCUT2D eigenvalue weighted by molar-refractivity contribution is 0.139. The summed E-state index contributed by atoms with van der Waals surface area (Å²) in [6.07, 6.45) is 2.08. The molecular weight excluding hydrogens is 254 g/mol. The molecule has 1 unspecified atom stereocenters. The van der Waals surface area contributed by atoms with Crippen LogP contribution in [-0.2, 0) is 11.3 Å². The van der Waals surface area contributed by atoms with Gasteiger partial charge in [-0.3, -0.25) is 4.90 Å². The molecule has 0 radical (unpaired) electrons. The van der Waals surface area contributed by atoms with Crippen LogP contribution in [0.25, 0.3) is 0 Å². The Morgan fingerprint density at radius 2 is 2.10 bits per heavy atom. The number of ether oxygens (including phenoxy) is 2.